The smallest absolute Gasteiger partial charge is 0.141 e. The summed E-state index contributed by atoms with van der Waals surface area (Å²) in [6, 6.07) is 15.4. The number of rotatable bonds is 7. The van der Waals surface area contributed by atoms with Gasteiger partial charge in [0.1, 0.15) is 37.4 Å². The minimum absolute atomic E-state index is 0.435. The van der Waals surface area contributed by atoms with Crippen LogP contribution in [0.4, 0.5) is 0 Å². The van der Waals surface area contributed by atoms with Gasteiger partial charge >= 0.3 is 0 Å². The van der Waals surface area contributed by atoms with Crippen LogP contribution in [0.25, 0.3) is 0 Å². The standard InChI is InChI=1S/C17H15BrN4O2/c18-15-6-7-17(14(10-15)11-21-22-12-19-20-13-22)24-9-8-23-16-4-2-1-3-5-16/h1-7,10-13H,8-9H2. The first kappa shape index (κ1) is 16.2. The highest BCUT2D eigenvalue weighted by Crippen LogP contribution is 2.22. The molecule has 0 saturated heterocycles. The largest absolute Gasteiger partial charge is 0.490 e. The van der Waals surface area contributed by atoms with Crippen molar-refractivity contribution >= 4 is 22.1 Å². The number of halogens is 1. The van der Waals surface area contributed by atoms with E-state index in [0.29, 0.717) is 13.2 Å². The summed E-state index contributed by atoms with van der Waals surface area (Å²) in [4.78, 5) is 0. The molecule has 3 aromatic rings. The first-order valence-electron chi connectivity index (χ1n) is 7.30. The Morgan fingerprint density at radius 1 is 1.00 bits per heavy atom. The van der Waals surface area contributed by atoms with Crippen LogP contribution >= 0.6 is 15.9 Å². The molecule has 1 heterocycles. The van der Waals surface area contributed by atoms with E-state index in [4.69, 9.17) is 9.47 Å². The predicted molar refractivity (Wildman–Crippen MR) is 94.6 cm³/mol. The third-order valence-electron chi connectivity index (χ3n) is 3.06. The Hall–Kier alpha value is -2.67. The lowest BCUT2D eigenvalue weighted by molar-refractivity contribution is 0.217. The molecule has 0 N–H and O–H groups in total. The lowest BCUT2D eigenvalue weighted by atomic mass is 10.2. The molecule has 1 aromatic heterocycles. The Morgan fingerprint density at radius 2 is 1.75 bits per heavy atom. The molecular formula is C17H15BrN4O2. The quantitative estimate of drug-likeness (QED) is 0.461. The van der Waals surface area contributed by atoms with Gasteiger partial charge < -0.3 is 9.47 Å². The molecular weight excluding hydrogens is 372 g/mol. The summed E-state index contributed by atoms with van der Waals surface area (Å²) in [5.74, 6) is 1.55. The molecule has 0 amide bonds. The SMILES string of the molecule is Brc1ccc(OCCOc2ccccc2)c(C=Nn2cnnc2)c1. The van der Waals surface area contributed by atoms with E-state index in [1.54, 1.807) is 6.21 Å². The van der Waals surface area contributed by atoms with E-state index in [-0.39, 0.29) is 0 Å². The lowest BCUT2D eigenvalue weighted by Crippen LogP contribution is -2.10. The summed E-state index contributed by atoms with van der Waals surface area (Å²) >= 11 is 3.45. The lowest BCUT2D eigenvalue weighted by Gasteiger charge is -2.10. The van der Waals surface area contributed by atoms with E-state index < -0.39 is 0 Å². The molecule has 0 aliphatic heterocycles. The number of nitrogens with zero attached hydrogens (tertiary/aromatic N) is 4. The molecule has 0 unspecified atom stereocenters. The summed E-state index contributed by atoms with van der Waals surface area (Å²) in [6.07, 6.45) is 4.73. The molecule has 122 valence electrons. The van der Waals surface area contributed by atoms with Crippen molar-refractivity contribution in [2.75, 3.05) is 13.2 Å². The highest BCUT2D eigenvalue weighted by atomic mass is 79.9. The van der Waals surface area contributed by atoms with Crippen LogP contribution in [0.15, 0.2) is 70.8 Å². The van der Waals surface area contributed by atoms with Gasteiger partial charge in [0.25, 0.3) is 0 Å². The van der Waals surface area contributed by atoms with Gasteiger partial charge in [0.05, 0.1) is 6.21 Å². The van der Waals surface area contributed by atoms with Gasteiger partial charge in [0, 0.05) is 10.0 Å². The first-order chi connectivity index (χ1) is 11.8. The maximum atomic E-state index is 5.81. The van der Waals surface area contributed by atoms with E-state index in [1.807, 2.05) is 48.5 Å². The average Bonchev–Trinajstić information content (AvgIpc) is 3.13. The monoisotopic (exact) mass is 386 g/mol. The van der Waals surface area contributed by atoms with Crippen LogP contribution in [0.5, 0.6) is 11.5 Å². The molecule has 0 radical (unpaired) electrons. The van der Waals surface area contributed by atoms with E-state index in [9.17, 15) is 0 Å². The van der Waals surface area contributed by atoms with E-state index in [1.165, 1.54) is 17.3 Å². The Balaban J connectivity index is 1.60. The molecule has 0 spiro atoms. The highest BCUT2D eigenvalue weighted by Gasteiger charge is 2.03. The van der Waals surface area contributed by atoms with E-state index >= 15 is 0 Å². The fourth-order valence-electron chi connectivity index (χ4n) is 1.96. The molecule has 7 heteroatoms. The molecule has 24 heavy (non-hydrogen) atoms. The molecule has 0 saturated carbocycles. The zero-order valence-corrected chi connectivity index (χ0v) is 14.3. The van der Waals surface area contributed by atoms with Crippen molar-refractivity contribution in [3.05, 3.63) is 71.2 Å². The number of ether oxygens (including phenoxy) is 2. The number of aromatic nitrogens is 3. The third-order valence-corrected chi connectivity index (χ3v) is 3.55. The van der Waals surface area contributed by atoms with Crippen molar-refractivity contribution in [3.8, 4) is 11.5 Å². The van der Waals surface area contributed by atoms with Gasteiger partial charge in [-0.3, -0.25) is 0 Å². The minimum atomic E-state index is 0.435. The van der Waals surface area contributed by atoms with Gasteiger partial charge in [-0.1, -0.05) is 34.1 Å². The van der Waals surface area contributed by atoms with Crippen molar-refractivity contribution in [3.63, 3.8) is 0 Å². The summed E-state index contributed by atoms with van der Waals surface area (Å²) < 4.78 is 13.9. The molecule has 2 aromatic carbocycles. The number of para-hydroxylation sites is 1. The van der Waals surface area contributed by atoms with Crippen LogP contribution in [-0.4, -0.2) is 34.3 Å². The van der Waals surface area contributed by atoms with Crippen LogP contribution in [0.1, 0.15) is 5.56 Å². The number of hydrogen-bond acceptors (Lipinski definition) is 5. The van der Waals surface area contributed by atoms with Crippen molar-refractivity contribution < 1.29 is 9.47 Å². The normalized spacial score (nSPS) is 10.9. The van der Waals surface area contributed by atoms with Crippen molar-refractivity contribution in [2.45, 2.75) is 0 Å². The van der Waals surface area contributed by atoms with Crippen LogP contribution in [0, 0.1) is 0 Å². The van der Waals surface area contributed by atoms with Crippen molar-refractivity contribution in [1.82, 2.24) is 14.9 Å². The molecule has 3 rings (SSSR count). The Bertz CT molecular complexity index is 792. The topological polar surface area (TPSA) is 61.5 Å². The zero-order valence-electron chi connectivity index (χ0n) is 12.7. The average molecular weight is 387 g/mol. The van der Waals surface area contributed by atoms with Gasteiger partial charge in [-0.05, 0) is 30.3 Å². The summed E-state index contributed by atoms with van der Waals surface area (Å²) in [7, 11) is 0. The molecule has 0 atom stereocenters. The summed E-state index contributed by atoms with van der Waals surface area (Å²) in [5, 5.41) is 11.7. The van der Waals surface area contributed by atoms with Gasteiger partial charge in [-0.2, -0.15) is 5.10 Å². The maximum Gasteiger partial charge on any atom is 0.141 e. The fourth-order valence-corrected chi connectivity index (χ4v) is 2.34. The Kier molecular flexibility index (Phi) is 5.57. The second-order valence-electron chi connectivity index (χ2n) is 4.78. The van der Waals surface area contributed by atoms with Crippen LogP contribution in [0.2, 0.25) is 0 Å². The van der Waals surface area contributed by atoms with E-state index in [2.05, 4.69) is 31.2 Å². The molecule has 6 nitrogen and oxygen atoms in total. The third kappa shape index (κ3) is 4.66. The van der Waals surface area contributed by atoms with Crippen molar-refractivity contribution in [2.24, 2.45) is 5.10 Å². The summed E-state index contributed by atoms with van der Waals surface area (Å²) in [6.45, 7) is 0.895. The minimum Gasteiger partial charge on any atom is -0.490 e. The zero-order chi connectivity index (χ0) is 16.6. The van der Waals surface area contributed by atoms with Crippen molar-refractivity contribution in [1.29, 1.82) is 0 Å². The van der Waals surface area contributed by atoms with Crippen LogP contribution < -0.4 is 9.47 Å². The van der Waals surface area contributed by atoms with Gasteiger partial charge in [-0.25, -0.2) is 4.68 Å². The van der Waals surface area contributed by atoms with E-state index in [0.717, 1.165) is 21.5 Å². The van der Waals surface area contributed by atoms with Gasteiger partial charge in [-0.15, -0.1) is 10.2 Å². The Labute approximate surface area is 147 Å². The first-order valence-corrected chi connectivity index (χ1v) is 8.10. The predicted octanol–water partition coefficient (Wildman–Crippen LogP) is 3.38. The number of hydrogen-bond donors (Lipinski definition) is 0. The molecule has 0 fully saturated rings. The molecule has 0 aliphatic carbocycles. The van der Waals surface area contributed by atoms with Gasteiger partial charge in [0.15, 0.2) is 0 Å². The maximum absolute atomic E-state index is 5.81. The fraction of sp³-hybridized carbons (Fsp3) is 0.118. The second kappa shape index (κ2) is 8.26. The highest BCUT2D eigenvalue weighted by molar-refractivity contribution is 9.10. The second-order valence-corrected chi connectivity index (χ2v) is 5.69. The summed E-state index contributed by atoms with van der Waals surface area (Å²) in [5.41, 5.74) is 0.845. The van der Waals surface area contributed by atoms with Crippen LogP contribution in [0.3, 0.4) is 0 Å². The molecule has 0 bridgehead atoms. The Morgan fingerprint density at radius 3 is 2.54 bits per heavy atom. The van der Waals surface area contributed by atoms with Gasteiger partial charge in [0.2, 0.25) is 0 Å². The molecule has 0 aliphatic rings. The number of benzene rings is 2. The van der Waals surface area contributed by atoms with Crippen LogP contribution in [-0.2, 0) is 0 Å².